The van der Waals surface area contributed by atoms with Gasteiger partial charge in [0, 0.05) is 6.54 Å². The molecule has 0 radical (unpaired) electrons. The van der Waals surface area contributed by atoms with Gasteiger partial charge in [-0.05, 0) is 12.8 Å². The fraction of sp³-hybridized carbons (Fsp3) is 0.980. The molecule has 0 aromatic carbocycles. The van der Waals surface area contributed by atoms with E-state index in [2.05, 4.69) is 19.2 Å². The first kappa shape index (κ1) is 58.5. The van der Waals surface area contributed by atoms with Gasteiger partial charge in [-0.1, -0.05) is 251 Å². The van der Waals surface area contributed by atoms with Crippen molar-refractivity contribution in [1.82, 2.24) is 5.32 Å². The van der Waals surface area contributed by atoms with Gasteiger partial charge in [-0.2, -0.15) is 0 Å². The van der Waals surface area contributed by atoms with E-state index < -0.39 is 32.0 Å². The molecule has 0 aliphatic carbocycles. The molecule has 0 spiro atoms. The smallest absolute Gasteiger partial charge is 0.393 e. The minimum absolute atomic E-state index is 0.0629. The molecule has 0 rings (SSSR count). The monoisotopic (exact) mass is 861 g/mol. The lowest BCUT2D eigenvalue weighted by Gasteiger charge is -2.25. The molecule has 4 unspecified atom stereocenters. The van der Waals surface area contributed by atoms with Crippen LogP contribution in [-0.4, -0.2) is 59.0 Å². The maximum atomic E-state index is 12.9. The van der Waals surface area contributed by atoms with Crippen LogP contribution in [0.3, 0.4) is 0 Å². The van der Waals surface area contributed by atoms with Gasteiger partial charge in [-0.15, -0.1) is 0 Å². The summed E-state index contributed by atoms with van der Waals surface area (Å²) in [4.78, 5) is 22.9. The number of rotatable bonds is 49. The summed E-state index contributed by atoms with van der Waals surface area (Å²) >= 11 is 0. The molecule has 0 saturated heterocycles. The van der Waals surface area contributed by atoms with Gasteiger partial charge in [0.15, 0.2) is 0 Å². The van der Waals surface area contributed by atoms with Crippen molar-refractivity contribution in [1.29, 1.82) is 0 Å². The second-order valence-corrected chi connectivity index (χ2v) is 19.4. The first-order valence-electron chi connectivity index (χ1n) is 25.7. The first-order chi connectivity index (χ1) is 28.8. The van der Waals surface area contributed by atoms with E-state index in [4.69, 9.17) is 14.8 Å². The van der Waals surface area contributed by atoms with E-state index in [-0.39, 0.29) is 26.2 Å². The van der Waals surface area contributed by atoms with E-state index in [1.54, 1.807) is 0 Å². The quantitative estimate of drug-likeness (QED) is 0.0300. The fourth-order valence-corrected chi connectivity index (χ4v) is 8.88. The predicted octanol–water partition coefficient (Wildman–Crippen LogP) is 13.9. The Morgan fingerprint density at radius 2 is 0.814 bits per heavy atom. The molecule has 6 N–H and O–H groups in total. The van der Waals surface area contributed by atoms with E-state index >= 15 is 0 Å². The predicted molar refractivity (Wildman–Crippen MR) is 251 cm³/mol. The minimum atomic E-state index is -4.38. The van der Waals surface area contributed by atoms with Gasteiger partial charge >= 0.3 is 7.82 Å². The number of unbranched alkanes of at least 4 members (excludes halogenated alkanes) is 35. The summed E-state index contributed by atoms with van der Waals surface area (Å²) in [5.74, 6) is -0.406. The van der Waals surface area contributed by atoms with Crippen molar-refractivity contribution in [3.05, 3.63) is 0 Å². The molecule has 9 nitrogen and oxygen atoms in total. The SMILES string of the molecule is CCCCCCCCCCCCCCCCCCCCCC(O)CC(=O)NC(COP(=O)(O)OCCN)C(O)CCCCCCCCCCCCCCCCCCCC. The molecule has 0 aliphatic rings. The number of aliphatic hydroxyl groups excluding tert-OH is 2. The zero-order valence-electron chi connectivity index (χ0n) is 39.1. The third kappa shape index (κ3) is 43.9. The van der Waals surface area contributed by atoms with Gasteiger partial charge in [0.25, 0.3) is 0 Å². The molecule has 0 fully saturated rings. The Bertz CT molecular complexity index is 914. The molecule has 0 bridgehead atoms. The Morgan fingerprint density at radius 1 is 0.508 bits per heavy atom. The van der Waals surface area contributed by atoms with Crippen LogP contribution < -0.4 is 11.1 Å². The lowest BCUT2D eigenvalue weighted by Crippen LogP contribution is -2.47. The van der Waals surface area contributed by atoms with Crippen LogP contribution in [0.4, 0.5) is 0 Å². The van der Waals surface area contributed by atoms with Gasteiger partial charge in [0.1, 0.15) is 0 Å². The molecule has 354 valence electrons. The van der Waals surface area contributed by atoms with Crippen LogP contribution in [-0.2, 0) is 18.4 Å². The van der Waals surface area contributed by atoms with Gasteiger partial charge < -0.3 is 26.2 Å². The van der Waals surface area contributed by atoms with Gasteiger partial charge in [-0.3, -0.25) is 13.8 Å². The summed E-state index contributed by atoms with van der Waals surface area (Å²) in [5.41, 5.74) is 5.39. The molecule has 0 heterocycles. The highest BCUT2D eigenvalue weighted by Crippen LogP contribution is 2.43. The minimum Gasteiger partial charge on any atom is -0.393 e. The molecule has 4 atom stereocenters. The van der Waals surface area contributed by atoms with Crippen LogP contribution in [0.1, 0.15) is 271 Å². The zero-order valence-corrected chi connectivity index (χ0v) is 40.0. The van der Waals surface area contributed by atoms with Crippen molar-refractivity contribution in [2.45, 2.75) is 289 Å². The van der Waals surface area contributed by atoms with Crippen LogP contribution in [0.5, 0.6) is 0 Å². The highest BCUT2D eigenvalue weighted by Gasteiger charge is 2.28. The second kappa shape index (κ2) is 45.5. The lowest BCUT2D eigenvalue weighted by molar-refractivity contribution is -0.125. The first-order valence-corrected chi connectivity index (χ1v) is 27.2. The van der Waals surface area contributed by atoms with Crippen LogP contribution in [0.25, 0.3) is 0 Å². The molecule has 0 saturated carbocycles. The molecule has 0 aromatic heterocycles. The maximum Gasteiger partial charge on any atom is 0.472 e. The Kier molecular flexibility index (Phi) is 45.1. The van der Waals surface area contributed by atoms with Crippen molar-refractivity contribution < 1.29 is 33.5 Å². The molecular weight excluding hydrogens is 760 g/mol. The highest BCUT2D eigenvalue weighted by molar-refractivity contribution is 7.47. The lowest BCUT2D eigenvalue weighted by atomic mass is 10.0. The Hall–Kier alpha value is -0.540. The van der Waals surface area contributed by atoms with Gasteiger partial charge in [0.2, 0.25) is 5.91 Å². The summed E-state index contributed by atoms with van der Waals surface area (Å²) in [6.45, 7) is 4.10. The topological polar surface area (TPSA) is 151 Å². The zero-order chi connectivity index (χ0) is 43.3. The van der Waals surface area contributed by atoms with Gasteiger partial charge in [0.05, 0.1) is 37.9 Å². The van der Waals surface area contributed by atoms with E-state index in [1.807, 2.05) is 0 Å². The standard InChI is InChI=1S/C49H101N2O7P/c1-3-5-7-9-11-13-15-17-19-21-23-24-26-28-30-32-34-36-38-40-46(52)44-49(54)51-47(45-58-59(55,56)57-43-42-50)48(53)41-39-37-35-33-31-29-27-25-22-20-18-16-14-12-10-8-6-4-2/h46-48,52-53H,3-45,50H2,1-2H3,(H,51,54)(H,55,56). The number of amides is 1. The molecule has 1 amide bonds. The van der Waals surface area contributed by atoms with Crippen molar-refractivity contribution >= 4 is 13.7 Å². The van der Waals surface area contributed by atoms with Crippen molar-refractivity contribution in [3.63, 3.8) is 0 Å². The van der Waals surface area contributed by atoms with Gasteiger partial charge in [-0.25, -0.2) is 4.57 Å². The van der Waals surface area contributed by atoms with Crippen molar-refractivity contribution in [3.8, 4) is 0 Å². The molecule has 10 heteroatoms. The fourth-order valence-electron chi connectivity index (χ4n) is 8.13. The van der Waals surface area contributed by atoms with Crippen LogP contribution in [0, 0.1) is 0 Å². The third-order valence-electron chi connectivity index (χ3n) is 12.0. The molecule has 0 aliphatic heterocycles. The van der Waals surface area contributed by atoms with E-state index in [0.29, 0.717) is 12.8 Å². The van der Waals surface area contributed by atoms with Crippen LogP contribution >= 0.6 is 7.82 Å². The van der Waals surface area contributed by atoms with Crippen molar-refractivity contribution in [2.75, 3.05) is 19.8 Å². The number of phosphoric acid groups is 1. The van der Waals surface area contributed by atoms with E-state index in [0.717, 1.165) is 38.5 Å². The number of hydrogen-bond donors (Lipinski definition) is 5. The van der Waals surface area contributed by atoms with Crippen LogP contribution in [0.2, 0.25) is 0 Å². The number of hydrogen-bond acceptors (Lipinski definition) is 7. The van der Waals surface area contributed by atoms with Crippen molar-refractivity contribution in [2.24, 2.45) is 5.73 Å². The Labute approximate surface area is 365 Å². The summed E-state index contributed by atoms with van der Waals surface area (Å²) < 4.78 is 22.2. The average molecular weight is 861 g/mol. The summed E-state index contributed by atoms with van der Waals surface area (Å²) in [6, 6.07) is -0.891. The Balaban J connectivity index is 4.11. The molecule has 59 heavy (non-hydrogen) atoms. The second-order valence-electron chi connectivity index (χ2n) is 17.9. The normalized spacial score (nSPS) is 14.3. The summed E-state index contributed by atoms with van der Waals surface area (Å²) in [6.07, 6.45) is 47.2. The average Bonchev–Trinajstić information content (AvgIpc) is 3.21. The number of nitrogens with two attached hydrogens (primary N) is 1. The Morgan fingerprint density at radius 3 is 1.14 bits per heavy atom. The number of carbonyl (C=O) groups excluding carboxylic acids is 1. The number of carbonyl (C=O) groups is 1. The number of aliphatic hydroxyl groups is 2. The maximum absolute atomic E-state index is 12.9. The number of phosphoric ester groups is 1. The number of nitrogens with one attached hydrogen (secondary N) is 1. The van der Waals surface area contributed by atoms with E-state index in [9.17, 15) is 24.5 Å². The molecule has 0 aromatic rings. The third-order valence-corrected chi connectivity index (χ3v) is 13.0. The highest BCUT2D eigenvalue weighted by atomic mass is 31.2. The largest absolute Gasteiger partial charge is 0.472 e. The summed E-state index contributed by atoms with van der Waals surface area (Å²) in [5, 5.41) is 24.3. The van der Waals surface area contributed by atoms with E-state index in [1.165, 1.54) is 199 Å². The summed E-state index contributed by atoms with van der Waals surface area (Å²) in [7, 11) is -4.38. The van der Waals surface area contributed by atoms with Crippen LogP contribution in [0.15, 0.2) is 0 Å². The molecular formula is C49H101N2O7P.